The standard InChI is InChI=1S/C16H16N2O2/c1-11-3-5-14(6-4-11)16(19)17-15-9-7-13(8-10-15)12(2)18-20/h3-10,20H,1-2H3,(H,17,19)/b18-12+. The van der Waals surface area contributed by atoms with Gasteiger partial charge in [0, 0.05) is 11.3 Å². The molecule has 0 aliphatic rings. The SMILES string of the molecule is C/C(=N\O)c1ccc(NC(=O)c2ccc(C)cc2)cc1. The molecule has 0 heterocycles. The molecule has 102 valence electrons. The van der Waals surface area contributed by atoms with Crippen LogP contribution in [0.3, 0.4) is 0 Å². The van der Waals surface area contributed by atoms with Crippen LogP contribution in [0.1, 0.15) is 28.4 Å². The number of carbonyl (C=O) groups is 1. The highest BCUT2D eigenvalue weighted by Gasteiger charge is 2.06. The monoisotopic (exact) mass is 268 g/mol. The summed E-state index contributed by atoms with van der Waals surface area (Å²) in [6.45, 7) is 3.69. The molecule has 20 heavy (non-hydrogen) atoms. The molecule has 2 aromatic rings. The normalized spacial score (nSPS) is 11.2. The molecule has 4 heteroatoms. The fourth-order valence-corrected chi connectivity index (χ4v) is 1.76. The van der Waals surface area contributed by atoms with E-state index in [9.17, 15) is 4.79 Å². The van der Waals surface area contributed by atoms with Crippen molar-refractivity contribution in [2.24, 2.45) is 5.16 Å². The second kappa shape index (κ2) is 6.02. The van der Waals surface area contributed by atoms with Crippen LogP contribution in [0.25, 0.3) is 0 Å². The summed E-state index contributed by atoms with van der Waals surface area (Å²) >= 11 is 0. The molecule has 0 saturated heterocycles. The molecule has 0 unspecified atom stereocenters. The van der Waals surface area contributed by atoms with Crippen LogP contribution < -0.4 is 5.32 Å². The van der Waals surface area contributed by atoms with E-state index in [1.807, 2.05) is 19.1 Å². The Morgan fingerprint density at radius 1 is 1.00 bits per heavy atom. The predicted molar refractivity (Wildman–Crippen MR) is 79.6 cm³/mol. The van der Waals surface area contributed by atoms with Crippen molar-refractivity contribution in [3.05, 3.63) is 65.2 Å². The first kappa shape index (κ1) is 13.8. The second-order valence-electron chi connectivity index (χ2n) is 4.58. The first-order valence-electron chi connectivity index (χ1n) is 6.27. The maximum Gasteiger partial charge on any atom is 0.255 e. The third kappa shape index (κ3) is 3.23. The average Bonchev–Trinajstić information content (AvgIpc) is 2.48. The average molecular weight is 268 g/mol. The number of nitrogens with zero attached hydrogens (tertiary/aromatic N) is 1. The van der Waals surface area contributed by atoms with E-state index >= 15 is 0 Å². The van der Waals surface area contributed by atoms with Gasteiger partial charge in [0.05, 0.1) is 5.71 Å². The molecule has 2 N–H and O–H groups in total. The maximum atomic E-state index is 12.0. The zero-order valence-electron chi connectivity index (χ0n) is 11.4. The van der Waals surface area contributed by atoms with Crippen LogP contribution in [-0.2, 0) is 0 Å². The van der Waals surface area contributed by atoms with Gasteiger partial charge in [0.1, 0.15) is 0 Å². The van der Waals surface area contributed by atoms with Gasteiger partial charge in [-0.2, -0.15) is 0 Å². The molecule has 0 fully saturated rings. The Balaban J connectivity index is 2.10. The van der Waals surface area contributed by atoms with Crippen molar-refractivity contribution in [1.29, 1.82) is 0 Å². The molecule has 0 aliphatic carbocycles. The molecule has 0 atom stereocenters. The number of oxime groups is 1. The molecular formula is C16H16N2O2. The van der Waals surface area contributed by atoms with Crippen LogP contribution in [0.2, 0.25) is 0 Å². The Hall–Kier alpha value is -2.62. The summed E-state index contributed by atoms with van der Waals surface area (Å²) in [5.74, 6) is -0.148. The second-order valence-corrected chi connectivity index (χ2v) is 4.58. The minimum absolute atomic E-state index is 0.148. The van der Waals surface area contributed by atoms with E-state index in [0.717, 1.165) is 11.1 Å². The highest BCUT2D eigenvalue weighted by Crippen LogP contribution is 2.12. The van der Waals surface area contributed by atoms with Crippen LogP contribution in [0.4, 0.5) is 5.69 Å². The van der Waals surface area contributed by atoms with E-state index < -0.39 is 0 Å². The van der Waals surface area contributed by atoms with Crippen molar-refractivity contribution in [1.82, 2.24) is 0 Å². The quantitative estimate of drug-likeness (QED) is 0.509. The minimum Gasteiger partial charge on any atom is -0.411 e. The molecule has 0 spiro atoms. The fraction of sp³-hybridized carbons (Fsp3) is 0.125. The van der Waals surface area contributed by atoms with Gasteiger partial charge in [-0.1, -0.05) is 35.0 Å². The summed E-state index contributed by atoms with van der Waals surface area (Å²) in [6, 6.07) is 14.5. The van der Waals surface area contributed by atoms with Crippen molar-refractivity contribution in [2.75, 3.05) is 5.32 Å². The van der Waals surface area contributed by atoms with Gasteiger partial charge in [-0.25, -0.2) is 0 Å². The largest absolute Gasteiger partial charge is 0.411 e. The van der Waals surface area contributed by atoms with Gasteiger partial charge in [-0.15, -0.1) is 0 Å². The molecule has 1 amide bonds. The van der Waals surface area contributed by atoms with Gasteiger partial charge in [-0.3, -0.25) is 4.79 Å². The number of benzene rings is 2. The molecule has 0 bridgehead atoms. The number of hydrogen-bond acceptors (Lipinski definition) is 3. The van der Waals surface area contributed by atoms with Gasteiger partial charge in [0.25, 0.3) is 5.91 Å². The molecule has 2 aromatic carbocycles. The van der Waals surface area contributed by atoms with Crippen molar-refractivity contribution in [3.63, 3.8) is 0 Å². The molecule has 2 rings (SSSR count). The molecule has 0 aliphatic heterocycles. The Bertz CT molecular complexity index is 629. The van der Waals surface area contributed by atoms with E-state index in [0.29, 0.717) is 17.0 Å². The Morgan fingerprint density at radius 2 is 1.55 bits per heavy atom. The maximum absolute atomic E-state index is 12.0. The lowest BCUT2D eigenvalue weighted by Crippen LogP contribution is -2.11. The number of aryl methyl sites for hydroxylation is 1. The molecule has 4 nitrogen and oxygen atoms in total. The van der Waals surface area contributed by atoms with Crippen molar-refractivity contribution in [3.8, 4) is 0 Å². The zero-order valence-corrected chi connectivity index (χ0v) is 11.4. The zero-order chi connectivity index (χ0) is 14.5. The van der Waals surface area contributed by atoms with E-state index in [2.05, 4.69) is 10.5 Å². The lowest BCUT2D eigenvalue weighted by Gasteiger charge is -2.06. The molecule has 0 saturated carbocycles. The molecule has 0 radical (unpaired) electrons. The van der Waals surface area contributed by atoms with E-state index in [-0.39, 0.29) is 5.91 Å². The Morgan fingerprint density at radius 3 is 2.10 bits per heavy atom. The third-order valence-corrected chi connectivity index (χ3v) is 3.02. The van der Waals surface area contributed by atoms with E-state index in [4.69, 9.17) is 5.21 Å². The number of anilines is 1. The predicted octanol–water partition coefficient (Wildman–Crippen LogP) is 3.45. The topological polar surface area (TPSA) is 61.7 Å². The number of nitrogens with one attached hydrogen (secondary N) is 1. The van der Waals surface area contributed by atoms with Gasteiger partial charge in [0.2, 0.25) is 0 Å². The first-order valence-corrected chi connectivity index (χ1v) is 6.27. The smallest absolute Gasteiger partial charge is 0.255 e. The molecular weight excluding hydrogens is 252 g/mol. The van der Waals surface area contributed by atoms with Gasteiger partial charge in [0.15, 0.2) is 0 Å². The summed E-state index contributed by atoms with van der Waals surface area (Å²) < 4.78 is 0. The third-order valence-electron chi connectivity index (χ3n) is 3.02. The highest BCUT2D eigenvalue weighted by molar-refractivity contribution is 6.04. The van der Waals surface area contributed by atoms with Crippen LogP contribution in [-0.4, -0.2) is 16.8 Å². The number of hydrogen-bond donors (Lipinski definition) is 2. The van der Waals surface area contributed by atoms with Gasteiger partial charge >= 0.3 is 0 Å². The summed E-state index contributed by atoms with van der Waals surface area (Å²) in [5.41, 5.74) is 3.77. The molecule has 0 aromatic heterocycles. The van der Waals surface area contributed by atoms with E-state index in [1.54, 1.807) is 43.3 Å². The van der Waals surface area contributed by atoms with Gasteiger partial charge < -0.3 is 10.5 Å². The van der Waals surface area contributed by atoms with E-state index in [1.165, 1.54) is 0 Å². The summed E-state index contributed by atoms with van der Waals surface area (Å²) in [7, 11) is 0. The minimum atomic E-state index is -0.148. The number of rotatable bonds is 3. The summed E-state index contributed by atoms with van der Waals surface area (Å²) in [4.78, 5) is 12.0. The summed E-state index contributed by atoms with van der Waals surface area (Å²) in [5, 5.41) is 14.6. The summed E-state index contributed by atoms with van der Waals surface area (Å²) in [6.07, 6.45) is 0. The van der Waals surface area contributed by atoms with Gasteiger partial charge in [-0.05, 0) is 43.7 Å². The number of amides is 1. The van der Waals surface area contributed by atoms with Crippen LogP contribution in [0, 0.1) is 6.92 Å². The van der Waals surface area contributed by atoms with Crippen molar-refractivity contribution >= 4 is 17.3 Å². The lowest BCUT2D eigenvalue weighted by atomic mass is 10.1. The first-order chi connectivity index (χ1) is 9.60. The van der Waals surface area contributed by atoms with Crippen molar-refractivity contribution in [2.45, 2.75) is 13.8 Å². The fourth-order valence-electron chi connectivity index (χ4n) is 1.76. The van der Waals surface area contributed by atoms with Crippen LogP contribution >= 0.6 is 0 Å². The lowest BCUT2D eigenvalue weighted by molar-refractivity contribution is 0.102. The van der Waals surface area contributed by atoms with Crippen molar-refractivity contribution < 1.29 is 10.0 Å². The highest BCUT2D eigenvalue weighted by atomic mass is 16.4. The van der Waals surface area contributed by atoms with Crippen LogP contribution in [0.15, 0.2) is 53.7 Å². The Labute approximate surface area is 117 Å². The Kier molecular flexibility index (Phi) is 4.15. The van der Waals surface area contributed by atoms with Crippen LogP contribution in [0.5, 0.6) is 0 Å². The number of carbonyl (C=O) groups excluding carboxylic acids is 1.